The minimum absolute atomic E-state index is 0.0575. The molecular weight excluding hydrogens is 350 g/mol. The Kier molecular flexibility index (Phi) is 5.53. The standard InChI is InChI=1S/C11H10F6N4OS/c12-10(13,14)9(22,11(15,16)17)4-6-2-1-3-7(20-6)5-19-21-8(18)23/h1-3,5,22H,4H2,(H3,18,21,23)/b19-5+. The summed E-state index contributed by atoms with van der Waals surface area (Å²) in [4.78, 5) is 3.55. The van der Waals surface area contributed by atoms with Gasteiger partial charge in [-0.3, -0.25) is 10.4 Å². The molecule has 1 rings (SSSR count). The van der Waals surface area contributed by atoms with E-state index in [-0.39, 0.29) is 10.8 Å². The summed E-state index contributed by atoms with van der Waals surface area (Å²) < 4.78 is 75.7. The lowest BCUT2D eigenvalue weighted by molar-refractivity contribution is -0.367. The largest absolute Gasteiger partial charge is 0.426 e. The van der Waals surface area contributed by atoms with E-state index in [4.69, 9.17) is 10.8 Å². The summed E-state index contributed by atoms with van der Waals surface area (Å²) >= 11 is 4.44. The average Bonchev–Trinajstić information content (AvgIpc) is 2.36. The summed E-state index contributed by atoms with van der Waals surface area (Å²) in [6, 6.07) is 3.35. The number of hydrogen-bond acceptors (Lipinski definition) is 4. The molecule has 0 aliphatic heterocycles. The average molecular weight is 360 g/mol. The fraction of sp³-hybridized carbons (Fsp3) is 0.364. The maximum atomic E-state index is 12.6. The molecule has 0 aromatic carbocycles. The van der Waals surface area contributed by atoms with Crippen LogP contribution in [-0.4, -0.2) is 39.4 Å². The number of hydrazone groups is 1. The number of aromatic nitrogens is 1. The van der Waals surface area contributed by atoms with Gasteiger partial charge in [-0.1, -0.05) is 6.07 Å². The summed E-state index contributed by atoms with van der Waals surface area (Å²) in [5.41, 5.74) is 1.62. The van der Waals surface area contributed by atoms with Crippen molar-refractivity contribution in [2.75, 3.05) is 0 Å². The Bertz CT molecular complexity index is 587. The van der Waals surface area contributed by atoms with Crippen LogP contribution in [0, 0.1) is 0 Å². The van der Waals surface area contributed by atoms with Gasteiger partial charge < -0.3 is 10.8 Å². The van der Waals surface area contributed by atoms with Crippen molar-refractivity contribution in [2.45, 2.75) is 24.4 Å². The van der Waals surface area contributed by atoms with Gasteiger partial charge in [-0.15, -0.1) is 0 Å². The van der Waals surface area contributed by atoms with E-state index in [1.54, 1.807) is 0 Å². The zero-order valence-electron chi connectivity index (χ0n) is 11.1. The summed E-state index contributed by atoms with van der Waals surface area (Å²) in [6.45, 7) is 0. The summed E-state index contributed by atoms with van der Waals surface area (Å²) in [6.07, 6.45) is -12.6. The minimum Gasteiger partial charge on any atom is -0.375 e. The number of aliphatic hydroxyl groups is 1. The van der Waals surface area contributed by atoms with Gasteiger partial charge in [-0.05, 0) is 24.4 Å². The van der Waals surface area contributed by atoms with Crippen molar-refractivity contribution in [3.8, 4) is 0 Å². The van der Waals surface area contributed by atoms with Crippen molar-refractivity contribution in [1.29, 1.82) is 0 Å². The van der Waals surface area contributed by atoms with Crippen molar-refractivity contribution in [3.63, 3.8) is 0 Å². The third-order valence-corrected chi connectivity index (χ3v) is 2.67. The fourth-order valence-corrected chi connectivity index (χ4v) is 1.51. The van der Waals surface area contributed by atoms with E-state index in [2.05, 4.69) is 27.7 Å². The first-order valence-electron chi connectivity index (χ1n) is 5.77. The Morgan fingerprint density at radius 3 is 2.30 bits per heavy atom. The predicted molar refractivity (Wildman–Crippen MR) is 72.5 cm³/mol. The van der Waals surface area contributed by atoms with Crippen molar-refractivity contribution in [1.82, 2.24) is 10.4 Å². The summed E-state index contributed by atoms with van der Waals surface area (Å²) in [5, 5.41) is 12.4. The zero-order chi connectivity index (χ0) is 17.9. The highest BCUT2D eigenvalue weighted by Gasteiger charge is 2.70. The van der Waals surface area contributed by atoms with Crippen LogP contribution < -0.4 is 11.2 Å². The SMILES string of the molecule is NC(=S)N/N=C/c1cccc(CC(O)(C(F)(F)F)C(F)(F)F)n1. The molecule has 23 heavy (non-hydrogen) atoms. The van der Waals surface area contributed by atoms with Crippen LogP contribution in [0.2, 0.25) is 0 Å². The second-order valence-corrected chi connectivity index (χ2v) is 4.76. The Morgan fingerprint density at radius 1 is 1.26 bits per heavy atom. The lowest BCUT2D eigenvalue weighted by atomic mass is 9.95. The zero-order valence-corrected chi connectivity index (χ0v) is 11.9. The van der Waals surface area contributed by atoms with Crippen LogP contribution in [0.15, 0.2) is 23.3 Å². The molecule has 1 heterocycles. The number of nitrogens with zero attached hydrogens (tertiary/aromatic N) is 2. The van der Waals surface area contributed by atoms with E-state index < -0.39 is 30.1 Å². The molecule has 0 spiro atoms. The van der Waals surface area contributed by atoms with Crippen LogP contribution in [0.5, 0.6) is 0 Å². The minimum atomic E-state index is -5.91. The first kappa shape index (κ1) is 19.1. The van der Waals surface area contributed by atoms with Gasteiger partial charge in [0.2, 0.25) is 0 Å². The van der Waals surface area contributed by atoms with Crippen molar-refractivity contribution < 1.29 is 31.4 Å². The first-order valence-corrected chi connectivity index (χ1v) is 6.18. The van der Waals surface area contributed by atoms with Crippen LogP contribution >= 0.6 is 12.2 Å². The van der Waals surface area contributed by atoms with E-state index in [1.807, 2.05) is 0 Å². The first-order chi connectivity index (χ1) is 10.4. The third-order valence-electron chi connectivity index (χ3n) is 2.57. The number of nitrogens with one attached hydrogen (secondary N) is 1. The van der Waals surface area contributed by atoms with Crippen LogP contribution in [0.1, 0.15) is 11.4 Å². The number of rotatable bonds is 4. The Labute approximate surface area is 131 Å². The molecule has 0 fully saturated rings. The lowest BCUT2D eigenvalue weighted by Gasteiger charge is -2.32. The molecule has 0 unspecified atom stereocenters. The lowest BCUT2D eigenvalue weighted by Crippen LogP contribution is -2.58. The number of hydrogen-bond donors (Lipinski definition) is 3. The maximum absolute atomic E-state index is 12.6. The van der Waals surface area contributed by atoms with Gasteiger partial charge in [0.15, 0.2) is 5.11 Å². The molecule has 0 radical (unpaired) electrons. The van der Waals surface area contributed by atoms with Gasteiger partial charge in [-0.2, -0.15) is 31.4 Å². The number of alkyl halides is 6. The van der Waals surface area contributed by atoms with Crippen molar-refractivity contribution >= 4 is 23.5 Å². The molecular formula is C11H10F6N4OS. The molecule has 5 nitrogen and oxygen atoms in total. The fourth-order valence-electron chi connectivity index (χ4n) is 1.45. The van der Waals surface area contributed by atoms with Gasteiger partial charge in [0.05, 0.1) is 11.9 Å². The number of halogens is 6. The summed E-state index contributed by atoms with van der Waals surface area (Å²) in [5.74, 6) is 0. The highest BCUT2D eigenvalue weighted by Crippen LogP contribution is 2.44. The molecule has 4 N–H and O–H groups in total. The summed E-state index contributed by atoms with van der Waals surface area (Å²) in [7, 11) is 0. The molecule has 0 amide bonds. The molecule has 0 saturated carbocycles. The predicted octanol–water partition coefficient (Wildman–Crippen LogP) is 1.65. The van der Waals surface area contributed by atoms with Gasteiger partial charge in [0, 0.05) is 12.1 Å². The third kappa shape index (κ3) is 4.76. The van der Waals surface area contributed by atoms with E-state index in [9.17, 15) is 26.3 Å². The molecule has 0 aliphatic carbocycles. The Hall–Kier alpha value is -1.95. The molecule has 0 saturated heterocycles. The van der Waals surface area contributed by atoms with Gasteiger partial charge in [0.1, 0.15) is 0 Å². The second kappa shape index (κ2) is 6.66. The highest BCUT2D eigenvalue weighted by molar-refractivity contribution is 7.80. The topological polar surface area (TPSA) is 83.5 Å². The van der Waals surface area contributed by atoms with Crippen LogP contribution in [-0.2, 0) is 6.42 Å². The molecule has 128 valence electrons. The number of pyridine rings is 1. The molecule has 0 atom stereocenters. The van der Waals surface area contributed by atoms with Gasteiger partial charge in [-0.25, -0.2) is 0 Å². The monoisotopic (exact) mass is 360 g/mol. The smallest absolute Gasteiger partial charge is 0.375 e. The van der Waals surface area contributed by atoms with Crippen LogP contribution in [0.3, 0.4) is 0 Å². The normalized spacial score (nSPS) is 13.3. The van der Waals surface area contributed by atoms with Crippen molar-refractivity contribution in [2.24, 2.45) is 10.8 Å². The van der Waals surface area contributed by atoms with E-state index in [0.717, 1.165) is 18.3 Å². The van der Waals surface area contributed by atoms with Gasteiger partial charge >= 0.3 is 12.4 Å². The number of nitrogens with two attached hydrogens (primary N) is 1. The highest BCUT2D eigenvalue weighted by atomic mass is 32.1. The quantitative estimate of drug-likeness (QED) is 0.329. The second-order valence-electron chi connectivity index (χ2n) is 4.32. The van der Waals surface area contributed by atoms with Gasteiger partial charge in [0.25, 0.3) is 5.60 Å². The molecule has 0 aliphatic rings. The van der Waals surface area contributed by atoms with Crippen molar-refractivity contribution in [3.05, 3.63) is 29.6 Å². The van der Waals surface area contributed by atoms with Crippen LogP contribution in [0.25, 0.3) is 0 Å². The van der Waals surface area contributed by atoms with E-state index >= 15 is 0 Å². The Balaban J connectivity index is 3.07. The van der Waals surface area contributed by atoms with Crippen LogP contribution in [0.4, 0.5) is 26.3 Å². The maximum Gasteiger partial charge on any atom is 0.426 e. The molecule has 1 aromatic heterocycles. The molecule has 0 bridgehead atoms. The van der Waals surface area contributed by atoms with E-state index in [0.29, 0.717) is 0 Å². The Morgan fingerprint density at radius 2 is 1.83 bits per heavy atom. The molecule has 12 heteroatoms. The molecule has 1 aromatic rings. The van der Waals surface area contributed by atoms with E-state index in [1.165, 1.54) is 6.07 Å². The number of thiocarbonyl (C=S) groups is 1.